The SMILES string of the molecule is CCn1nc(C)c(Cl)c1Cn1cccc(C(N)=S)c1=O. The Bertz CT molecular complexity index is 720. The van der Waals surface area contributed by atoms with Gasteiger partial charge in [-0.15, -0.1) is 0 Å². The van der Waals surface area contributed by atoms with Gasteiger partial charge in [-0.25, -0.2) is 0 Å². The van der Waals surface area contributed by atoms with E-state index in [0.717, 1.165) is 11.4 Å². The fourth-order valence-corrected chi connectivity index (χ4v) is 2.38. The molecule has 0 aliphatic carbocycles. The van der Waals surface area contributed by atoms with Gasteiger partial charge >= 0.3 is 0 Å². The van der Waals surface area contributed by atoms with Gasteiger partial charge in [-0.2, -0.15) is 5.10 Å². The number of hydrogen-bond acceptors (Lipinski definition) is 3. The van der Waals surface area contributed by atoms with E-state index >= 15 is 0 Å². The average molecular weight is 311 g/mol. The second-order valence-electron chi connectivity index (χ2n) is 4.38. The third-order valence-electron chi connectivity index (χ3n) is 3.06. The molecule has 0 saturated heterocycles. The summed E-state index contributed by atoms with van der Waals surface area (Å²) >= 11 is 11.1. The summed E-state index contributed by atoms with van der Waals surface area (Å²) in [5.41, 5.74) is 7.20. The molecular weight excluding hydrogens is 296 g/mol. The lowest BCUT2D eigenvalue weighted by atomic mass is 10.2. The first kappa shape index (κ1) is 14.7. The highest BCUT2D eigenvalue weighted by molar-refractivity contribution is 7.80. The van der Waals surface area contributed by atoms with Crippen molar-refractivity contribution in [2.75, 3.05) is 0 Å². The van der Waals surface area contributed by atoms with Crippen LogP contribution in [-0.2, 0) is 13.1 Å². The van der Waals surface area contributed by atoms with Crippen molar-refractivity contribution in [1.29, 1.82) is 0 Å². The molecule has 0 radical (unpaired) electrons. The lowest BCUT2D eigenvalue weighted by molar-refractivity contribution is 0.591. The first-order valence-corrected chi connectivity index (χ1v) is 6.95. The Kier molecular flexibility index (Phi) is 4.25. The van der Waals surface area contributed by atoms with Gasteiger partial charge in [0.15, 0.2) is 0 Å². The third-order valence-corrected chi connectivity index (χ3v) is 3.77. The van der Waals surface area contributed by atoms with Gasteiger partial charge in [-0.05, 0) is 26.0 Å². The molecule has 0 unspecified atom stereocenters. The molecule has 0 amide bonds. The van der Waals surface area contributed by atoms with Gasteiger partial charge in [0, 0.05) is 12.7 Å². The monoisotopic (exact) mass is 310 g/mol. The van der Waals surface area contributed by atoms with E-state index in [1.165, 1.54) is 4.57 Å². The van der Waals surface area contributed by atoms with Gasteiger partial charge in [0.1, 0.15) is 4.99 Å². The van der Waals surface area contributed by atoms with Crippen LogP contribution < -0.4 is 11.3 Å². The topological polar surface area (TPSA) is 65.8 Å². The summed E-state index contributed by atoms with van der Waals surface area (Å²) in [6, 6.07) is 3.36. The maximum atomic E-state index is 12.3. The lowest BCUT2D eigenvalue weighted by Gasteiger charge is -2.09. The summed E-state index contributed by atoms with van der Waals surface area (Å²) in [7, 11) is 0. The minimum atomic E-state index is -0.224. The maximum Gasteiger partial charge on any atom is 0.261 e. The second kappa shape index (κ2) is 5.76. The second-order valence-corrected chi connectivity index (χ2v) is 5.20. The van der Waals surface area contributed by atoms with Crippen molar-refractivity contribution in [3.63, 3.8) is 0 Å². The van der Waals surface area contributed by atoms with E-state index in [2.05, 4.69) is 5.10 Å². The van der Waals surface area contributed by atoms with Crippen molar-refractivity contribution in [3.8, 4) is 0 Å². The van der Waals surface area contributed by atoms with Gasteiger partial charge in [-0.1, -0.05) is 23.8 Å². The molecule has 0 saturated carbocycles. The lowest BCUT2D eigenvalue weighted by Crippen LogP contribution is -2.29. The summed E-state index contributed by atoms with van der Waals surface area (Å²) in [6.07, 6.45) is 1.68. The molecule has 2 rings (SSSR count). The summed E-state index contributed by atoms with van der Waals surface area (Å²) < 4.78 is 3.32. The van der Waals surface area contributed by atoms with Gasteiger partial charge in [0.25, 0.3) is 5.56 Å². The van der Waals surface area contributed by atoms with Crippen LogP contribution in [0, 0.1) is 6.92 Å². The number of nitrogens with zero attached hydrogens (tertiary/aromatic N) is 3. The van der Waals surface area contributed by atoms with Crippen LogP contribution in [0.2, 0.25) is 5.02 Å². The van der Waals surface area contributed by atoms with Gasteiger partial charge < -0.3 is 10.3 Å². The van der Waals surface area contributed by atoms with Gasteiger partial charge in [-0.3, -0.25) is 9.48 Å². The van der Waals surface area contributed by atoms with Crippen LogP contribution in [0.15, 0.2) is 23.1 Å². The van der Waals surface area contributed by atoms with Gasteiger partial charge in [0.05, 0.1) is 28.5 Å². The number of halogens is 1. The fraction of sp³-hybridized carbons (Fsp3) is 0.308. The Morgan fingerprint density at radius 2 is 2.25 bits per heavy atom. The number of aromatic nitrogens is 3. The number of hydrogen-bond donors (Lipinski definition) is 1. The molecule has 20 heavy (non-hydrogen) atoms. The quantitative estimate of drug-likeness (QED) is 0.873. The largest absolute Gasteiger partial charge is 0.389 e. The molecule has 0 aliphatic rings. The predicted molar refractivity (Wildman–Crippen MR) is 83.3 cm³/mol. The van der Waals surface area contributed by atoms with E-state index in [1.807, 2.05) is 13.8 Å². The van der Waals surface area contributed by atoms with Crippen molar-refractivity contribution in [2.24, 2.45) is 5.73 Å². The Hall–Kier alpha value is -1.66. The molecule has 106 valence electrons. The number of pyridine rings is 1. The molecule has 0 spiro atoms. The van der Waals surface area contributed by atoms with Gasteiger partial charge in [0.2, 0.25) is 0 Å². The molecule has 0 fully saturated rings. The smallest absolute Gasteiger partial charge is 0.261 e. The third kappa shape index (κ3) is 2.62. The van der Waals surface area contributed by atoms with Crippen molar-refractivity contribution in [2.45, 2.75) is 26.9 Å². The van der Waals surface area contributed by atoms with Crippen molar-refractivity contribution < 1.29 is 0 Å². The highest BCUT2D eigenvalue weighted by atomic mass is 35.5. The van der Waals surface area contributed by atoms with E-state index in [0.29, 0.717) is 23.7 Å². The molecule has 0 bridgehead atoms. The fourth-order valence-electron chi connectivity index (χ4n) is 2.03. The Morgan fingerprint density at radius 1 is 1.55 bits per heavy atom. The van der Waals surface area contributed by atoms with E-state index < -0.39 is 0 Å². The molecule has 5 nitrogen and oxygen atoms in total. The van der Waals surface area contributed by atoms with Crippen LogP contribution in [-0.4, -0.2) is 19.3 Å². The highest BCUT2D eigenvalue weighted by Gasteiger charge is 2.14. The van der Waals surface area contributed by atoms with Crippen LogP contribution in [0.25, 0.3) is 0 Å². The molecule has 0 atom stereocenters. The van der Waals surface area contributed by atoms with Crippen LogP contribution in [0.3, 0.4) is 0 Å². The molecule has 7 heteroatoms. The summed E-state index contributed by atoms with van der Waals surface area (Å²) in [5, 5.41) is 4.91. The Labute approximate surface area is 127 Å². The van der Waals surface area contributed by atoms with E-state index in [4.69, 9.17) is 29.6 Å². The molecule has 2 heterocycles. The Morgan fingerprint density at radius 3 is 2.85 bits per heavy atom. The van der Waals surface area contributed by atoms with E-state index in [9.17, 15) is 4.79 Å². The Balaban J connectivity index is 2.48. The zero-order valence-electron chi connectivity index (χ0n) is 11.3. The molecule has 2 N–H and O–H groups in total. The number of nitrogens with two attached hydrogens (primary N) is 1. The van der Waals surface area contributed by atoms with Crippen LogP contribution in [0.1, 0.15) is 23.9 Å². The zero-order chi connectivity index (χ0) is 14.9. The minimum absolute atomic E-state index is 0.0932. The van der Waals surface area contributed by atoms with E-state index in [1.54, 1.807) is 23.0 Å². The molecule has 0 aliphatic heterocycles. The molecule has 2 aromatic rings. The van der Waals surface area contributed by atoms with Crippen LogP contribution >= 0.6 is 23.8 Å². The average Bonchev–Trinajstić information content (AvgIpc) is 2.68. The van der Waals surface area contributed by atoms with Crippen LogP contribution in [0.4, 0.5) is 0 Å². The standard InChI is InChI=1S/C13H15ClN4OS/c1-3-18-10(11(14)8(2)16-18)7-17-6-4-5-9(12(15)20)13(17)19/h4-6H,3,7H2,1-2H3,(H2,15,20). The highest BCUT2D eigenvalue weighted by Crippen LogP contribution is 2.20. The maximum absolute atomic E-state index is 12.3. The van der Waals surface area contributed by atoms with Crippen LogP contribution in [0.5, 0.6) is 0 Å². The first-order chi connectivity index (χ1) is 9.45. The van der Waals surface area contributed by atoms with Crippen molar-refractivity contribution in [3.05, 3.63) is 50.7 Å². The summed E-state index contributed by atoms with van der Waals surface area (Å²) in [4.78, 5) is 12.3. The normalized spacial score (nSPS) is 10.8. The first-order valence-electron chi connectivity index (χ1n) is 6.16. The zero-order valence-corrected chi connectivity index (χ0v) is 12.8. The van der Waals surface area contributed by atoms with E-state index in [-0.39, 0.29) is 10.5 Å². The predicted octanol–water partition coefficient (Wildman–Crippen LogP) is 1.71. The summed E-state index contributed by atoms with van der Waals surface area (Å²) in [6.45, 7) is 4.84. The molecular formula is C13H15ClN4OS. The number of thiocarbonyl (C=S) groups is 1. The number of rotatable bonds is 4. The van der Waals surface area contributed by atoms with Crippen molar-refractivity contribution in [1.82, 2.24) is 14.3 Å². The number of aryl methyl sites for hydroxylation is 2. The molecule has 2 aromatic heterocycles. The van der Waals surface area contributed by atoms with Crippen molar-refractivity contribution >= 4 is 28.8 Å². The summed E-state index contributed by atoms with van der Waals surface area (Å²) in [5.74, 6) is 0. The minimum Gasteiger partial charge on any atom is -0.389 e. The molecule has 0 aromatic carbocycles.